The Balaban J connectivity index is 2.68. The van der Waals surface area contributed by atoms with Gasteiger partial charge in [-0.25, -0.2) is 9.78 Å². The predicted octanol–water partition coefficient (Wildman–Crippen LogP) is 1.21. The van der Waals surface area contributed by atoms with Gasteiger partial charge in [-0.1, -0.05) is 0 Å². The molecule has 7 heteroatoms. The van der Waals surface area contributed by atoms with Crippen LogP contribution in [0.2, 0.25) is 0 Å². The van der Waals surface area contributed by atoms with Crippen molar-refractivity contribution in [2.45, 2.75) is 45.9 Å². The molecule has 2 amide bonds. The van der Waals surface area contributed by atoms with Gasteiger partial charge in [-0.3, -0.25) is 4.79 Å². The number of carbonyl (C=O) groups is 2. The van der Waals surface area contributed by atoms with Crippen molar-refractivity contribution in [1.82, 2.24) is 20.2 Å². The molecule has 0 unspecified atom stereocenters. The van der Waals surface area contributed by atoms with Gasteiger partial charge in [0.1, 0.15) is 12.1 Å². The molecular weight excluding hydrogens is 260 g/mol. The van der Waals surface area contributed by atoms with Crippen molar-refractivity contribution in [3.8, 4) is 0 Å². The van der Waals surface area contributed by atoms with Gasteiger partial charge in [-0.2, -0.15) is 0 Å². The standard InChI is InChI=1S/C13H22N4O3/c1-9(16-12(19)20-13(2,3)4)10-6-15-8-17(10)7-11(18)14-5/h6,8-9H,7H2,1-5H3,(H,14,18)(H,16,19)/t9-/m0/s1. The molecule has 0 fully saturated rings. The van der Waals surface area contributed by atoms with Crippen molar-refractivity contribution in [1.29, 1.82) is 0 Å². The minimum Gasteiger partial charge on any atom is -0.444 e. The number of hydrogen-bond acceptors (Lipinski definition) is 4. The van der Waals surface area contributed by atoms with Crippen LogP contribution in [0.4, 0.5) is 4.79 Å². The molecule has 0 aliphatic carbocycles. The first kappa shape index (κ1) is 16.0. The fraction of sp³-hybridized carbons (Fsp3) is 0.615. The number of nitrogens with one attached hydrogen (secondary N) is 2. The molecule has 20 heavy (non-hydrogen) atoms. The summed E-state index contributed by atoms with van der Waals surface area (Å²) in [6.07, 6.45) is 2.67. The number of carbonyl (C=O) groups excluding carboxylic acids is 2. The van der Waals surface area contributed by atoms with E-state index in [1.807, 2.05) is 0 Å². The number of imidazole rings is 1. The van der Waals surface area contributed by atoms with Crippen molar-refractivity contribution in [2.75, 3.05) is 7.05 Å². The van der Waals surface area contributed by atoms with Crippen LogP contribution >= 0.6 is 0 Å². The van der Waals surface area contributed by atoms with Gasteiger partial charge < -0.3 is 19.9 Å². The van der Waals surface area contributed by atoms with Gasteiger partial charge in [0.2, 0.25) is 5.91 Å². The third-order valence-electron chi connectivity index (χ3n) is 2.51. The van der Waals surface area contributed by atoms with Crippen LogP contribution in [0.15, 0.2) is 12.5 Å². The molecule has 0 saturated carbocycles. The van der Waals surface area contributed by atoms with Crippen LogP contribution in [0, 0.1) is 0 Å². The lowest BCUT2D eigenvalue weighted by Crippen LogP contribution is -2.35. The number of amides is 2. The van der Waals surface area contributed by atoms with Crippen LogP contribution in [-0.4, -0.2) is 34.2 Å². The third kappa shape index (κ3) is 4.91. The summed E-state index contributed by atoms with van der Waals surface area (Å²) < 4.78 is 6.87. The molecule has 1 atom stereocenters. The molecule has 1 aromatic rings. The molecule has 0 bridgehead atoms. The van der Waals surface area contributed by atoms with Crippen molar-refractivity contribution >= 4 is 12.0 Å². The van der Waals surface area contributed by atoms with Gasteiger partial charge in [0, 0.05) is 7.05 Å². The van der Waals surface area contributed by atoms with Gasteiger partial charge in [0.25, 0.3) is 0 Å². The topological polar surface area (TPSA) is 85.3 Å². The second kappa shape index (κ2) is 6.40. The lowest BCUT2D eigenvalue weighted by molar-refractivity contribution is -0.121. The fourth-order valence-corrected chi connectivity index (χ4v) is 1.62. The molecule has 0 spiro atoms. The number of alkyl carbamates (subject to hydrolysis) is 1. The number of nitrogens with zero attached hydrogens (tertiary/aromatic N) is 2. The summed E-state index contributed by atoms with van der Waals surface area (Å²) in [6, 6.07) is -0.308. The SMILES string of the molecule is CNC(=O)Cn1cncc1[C@H](C)NC(=O)OC(C)(C)C. The van der Waals surface area contributed by atoms with Crippen molar-refractivity contribution < 1.29 is 14.3 Å². The van der Waals surface area contributed by atoms with E-state index in [4.69, 9.17) is 4.74 Å². The average Bonchev–Trinajstić information content (AvgIpc) is 2.74. The molecule has 1 aromatic heterocycles. The van der Waals surface area contributed by atoms with Crippen LogP contribution in [0.3, 0.4) is 0 Å². The largest absolute Gasteiger partial charge is 0.444 e. The molecule has 112 valence electrons. The Morgan fingerprint density at radius 2 is 2.10 bits per heavy atom. The second-order valence-electron chi connectivity index (χ2n) is 5.49. The van der Waals surface area contributed by atoms with E-state index >= 15 is 0 Å². The number of rotatable bonds is 4. The highest BCUT2D eigenvalue weighted by molar-refractivity contribution is 5.75. The Bertz CT molecular complexity index is 476. The summed E-state index contributed by atoms with van der Waals surface area (Å²) in [5.41, 5.74) is 0.186. The number of ether oxygens (including phenoxy) is 1. The Morgan fingerprint density at radius 3 is 2.65 bits per heavy atom. The minimum atomic E-state index is -0.549. The van der Waals surface area contributed by atoms with Crippen LogP contribution in [0.1, 0.15) is 39.4 Å². The van der Waals surface area contributed by atoms with Crippen LogP contribution in [0.5, 0.6) is 0 Å². The summed E-state index contributed by atoms with van der Waals surface area (Å²) in [4.78, 5) is 27.1. The van der Waals surface area contributed by atoms with E-state index in [0.717, 1.165) is 5.69 Å². The van der Waals surface area contributed by atoms with Gasteiger partial charge in [0.05, 0.1) is 24.3 Å². The maximum absolute atomic E-state index is 11.7. The van der Waals surface area contributed by atoms with Crippen LogP contribution in [-0.2, 0) is 16.1 Å². The summed E-state index contributed by atoms with van der Waals surface area (Å²) in [7, 11) is 1.57. The second-order valence-corrected chi connectivity index (χ2v) is 5.49. The third-order valence-corrected chi connectivity index (χ3v) is 2.51. The molecule has 0 radical (unpaired) electrons. The van der Waals surface area contributed by atoms with E-state index in [9.17, 15) is 9.59 Å². The Labute approximate surface area is 118 Å². The normalized spacial score (nSPS) is 12.7. The summed E-state index contributed by atoms with van der Waals surface area (Å²) >= 11 is 0. The van der Waals surface area contributed by atoms with E-state index in [1.54, 1.807) is 51.8 Å². The Kier molecular flexibility index (Phi) is 5.12. The van der Waals surface area contributed by atoms with E-state index in [-0.39, 0.29) is 18.5 Å². The lowest BCUT2D eigenvalue weighted by atomic mass is 10.2. The first-order chi connectivity index (χ1) is 9.23. The highest BCUT2D eigenvalue weighted by Gasteiger charge is 2.20. The van der Waals surface area contributed by atoms with Gasteiger partial charge in [0.15, 0.2) is 0 Å². The van der Waals surface area contributed by atoms with Crippen LogP contribution in [0.25, 0.3) is 0 Å². The van der Waals surface area contributed by atoms with Gasteiger partial charge >= 0.3 is 6.09 Å². The number of likely N-dealkylation sites (N-methyl/N-ethyl adjacent to an activating group) is 1. The summed E-state index contributed by atoms with van der Waals surface area (Å²) in [5, 5.41) is 5.26. The maximum Gasteiger partial charge on any atom is 0.408 e. The molecule has 0 aliphatic rings. The fourth-order valence-electron chi connectivity index (χ4n) is 1.62. The predicted molar refractivity (Wildman–Crippen MR) is 74.1 cm³/mol. The monoisotopic (exact) mass is 282 g/mol. The maximum atomic E-state index is 11.7. The average molecular weight is 282 g/mol. The molecule has 0 saturated heterocycles. The van der Waals surface area contributed by atoms with Gasteiger partial charge in [-0.15, -0.1) is 0 Å². The molecule has 1 rings (SSSR count). The quantitative estimate of drug-likeness (QED) is 0.869. The van der Waals surface area contributed by atoms with E-state index in [2.05, 4.69) is 15.6 Å². The molecular formula is C13H22N4O3. The summed E-state index contributed by atoms with van der Waals surface area (Å²) in [6.45, 7) is 7.36. The van der Waals surface area contributed by atoms with Crippen molar-refractivity contribution in [3.05, 3.63) is 18.2 Å². The zero-order chi connectivity index (χ0) is 15.3. The number of hydrogen-bond donors (Lipinski definition) is 2. The summed E-state index contributed by atoms with van der Waals surface area (Å²) in [5.74, 6) is -0.131. The first-order valence-corrected chi connectivity index (χ1v) is 6.43. The van der Waals surface area contributed by atoms with E-state index < -0.39 is 11.7 Å². The van der Waals surface area contributed by atoms with E-state index in [1.165, 1.54) is 0 Å². The van der Waals surface area contributed by atoms with E-state index in [0.29, 0.717) is 0 Å². The molecule has 1 heterocycles. The molecule has 0 aromatic carbocycles. The van der Waals surface area contributed by atoms with Gasteiger partial charge in [-0.05, 0) is 27.7 Å². The van der Waals surface area contributed by atoms with Crippen molar-refractivity contribution in [2.24, 2.45) is 0 Å². The lowest BCUT2D eigenvalue weighted by Gasteiger charge is -2.22. The zero-order valence-electron chi connectivity index (χ0n) is 12.6. The Hall–Kier alpha value is -2.05. The minimum absolute atomic E-state index is 0.131. The van der Waals surface area contributed by atoms with Crippen molar-refractivity contribution in [3.63, 3.8) is 0 Å². The molecule has 0 aliphatic heterocycles. The molecule has 2 N–H and O–H groups in total. The van der Waals surface area contributed by atoms with Crippen LogP contribution < -0.4 is 10.6 Å². The highest BCUT2D eigenvalue weighted by atomic mass is 16.6. The highest BCUT2D eigenvalue weighted by Crippen LogP contribution is 2.13. The number of aromatic nitrogens is 2. The zero-order valence-corrected chi connectivity index (χ0v) is 12.6. The smallest absolute Gasteiger partial charge is 0.408 e. The first-order valence-electron chi connectivity index (χ1n) is 6.43. The molecule has 7 nitrogen and oxygen atoms in total. The Morgan fingerprint density at radius 1 is 1.45 bits per heavy atom.